The molecule has 65 heavy (non-hydrogen) atoms. The number of rotatable bonds is 4. The Morgan fingerprint density at radius 1 is 0.262 bits per heavy atom. The monoisotopic (exact) mass is 822 g/mol. The molecule has 1 spiro atoms. The first-order valence-corrected chi connectivity index (χ1v) is 22.5. The van der Waals surface area contributed by atoms with Gasteiger partial charge in [-0.05, 0) is 125 Å². The SMILES string of the molecule is c1ccc2c(c1)-c1ccccc1C21c2ccccc2-c2cc3c(-c4ccc(-c5cc(-c6ccc7ccccc7c6)nc(-c6ccc7ccccc7c6)c5)cc4)nc4ccccc4c3cc21. The second-order valence-corrected chi connectivity index (χ2v) is 17.6. The molecule has 14 rings (SSSR count). The summed E-state index contributed by atoms with van der Waals surface area (Å²) in [5, 5.41) is 8.37. The number of hydrogen-bond donors (Lipinski definition) is 0. The summed E-state index contributed by atoms with van der Waals surface area (Å²) in [5.41, 5.74) is 19.5. The summed E-state index contributed by atoms with van der Waals surface area (Å²) < 4.78 is 0. The summed E-state index contributed by atoms with van der Waals surface area (Å²) in [6, 6.07) is 84.5. The van der Waals surface area contributed by atoms with Crippen LogP contribution in [0.5, 0.6) is 0 Å². The van der Waals surface area contributed by atoms with Gasteiger partial charge in [-0.1, -0.05) is 188 Å². The maximum absolute atomic E-state index is 5.47. The molecule has 2 nitrogen and oxygen atoms in total. The molecule has 0 aliphatic heterocycles. The highest BCUT2D eigenvalue weighted by Gasteiger charge is 2.51. The van der Waals surface area contributed by atoms with Crippen LogP contribution in [-0.4, -0.2) is 9.97 Å². The van der Waals surface area contributed by atoms with Crippen molar-refractivity contribution < 1.29 is 0 Å². The molecule has 0 saturated heterocycles. The minimum atomic E-state index is -0.415. The van der Waals surface area contributed by atoms with E-state index in [1.54, 1.807) is 0 Å². The van der Waals surface area contributed by atoms with Crippen molar-refractivity contribution in [2.75, 3.05) is 0 Å². The molecule has 12 aromatic rings. The van der Waals surface area contributed by atoms with Crippen LogP contribution >= 0.6 is 0 Å². The summed E-state index contributed by atoms with van der Waals surface area (Å²) in [6.07, 6.45) is 0. The van der Waals surface area contributed by atoms with Gasteiger partial charge in [0.2, 0.25) is 0 Å². The third-order valence-corrected chi connectivity index (χ3v) is 14.2. The van der Waals surface area contributed by atoms with Crippen LogP contribution in [0.2, 0.25) is 0 Å². The van der Waals surface area contributed by atoms with E-state index in [9.17, 15) is 0 Å². The first-order chi connectivity index (χ1) is 32.2. The maximum Gasteiger partial charge on any atom is 0.0788 e. The molecule has 0 unspecified atom stereocenters. The zero-order valence-corrected chi connectivity index (χ0v) is 35.3. The molecule has 2 heteroatoms. The maximum atomic E-state index is 5.47. The Kier molecular flexibility index (Phi) is 7.64. The standard InChI is InChI=1S/C63H38N2/c1-3-15-43-33-45(31-27-39(43)13-1)60-35-47(36-61(64-60)46-32-28-40-14-2-4-16-44(40)34-46)41-25-29-42(30-26-41)62-54-37-53-50-19-7-11-23-57(50)63(58(53)38-52(54)51-20-8-12-24-59(51)65-62)55-21-9-5-17-48(55)49-18-6-10-22-56(49)63/h1-38H. The molecule has 10 aromatic carbocycles. The molecule has 300 valence electrons. The molecule has 0 radical (unpaired) electrons. The lowest BCUT2D eigenvalue weighted by molar-refractivity contribution is 0.795. The second-order valence-electron chi connectivity index (χ2n) is 17.6. The smallest absolute Gasteiger partial charge is 0.0788 e. The van der Waals surface area contributed by atoms with Gasteiger partial charge in [0.1, 0.15) is 0 Å². The Morgan fingerprint density at radius 2 is 0.738 bits per heavy atom. The zero-order valence-electron chi connectivity index (χ0n) is 35.3. The number of aromatic nitrogens is 2. The largest absolute Gasteiger partial charge is 0.248 e. The van der Waals surface area contributed by atoms with Gasteiger partial charge in [-0.15, -0.1) is 0 Å². The van der Waals surface area contributed by atoms with E-state index in [-0.39, 0.29) is 0 Å². The fourth-order valence-electron chi connectivity index (χ4n) is 11.3. The normalized spacial score (nSPS) is 13.0. The fourth-order valence-corrected chi connectivity index (χ4v) is 11.3. The van der Waals surface area contributed by atoms with Gasteiger partial charge < -0.3 is 0 Å². The Hall–Kier alpha value is -8.46. The van der Waals surface area contributed by atoms with Gasteiger partial charge in [-0.25, -0.2) is 9.97 Å². The molecule has 0 bridgehead atoms. The van der Waals surface area contributed by atoms with E-state index < -0.39 is 5.41 Å². The molecule has 2 aliphatic rings. The average Bonchev–Trinajstić information content (AvgIpc) is 3.84. The third-order valence-electron chi connectivity index (χ3n) is 14.2. The highest BCUT2D eigenvalue weighted by molar-refractivity contribution is 6.14. The number of nitrogens with zero attached hydrogens (tertiary/aromatic N) is 2. The van der Waals surface area contributed by atoms with Gasteiger partial charge in [-0.3, -0.25) is 0 Å². The Morgan fingerprint density at radius 3 is 1.34 bits per heavy atom. The van der Waals surface area contributed by atoms with Gasteiger partial charge in [0.25, 0.3) is 0 Å². The van der Waals surface area contributed by atoms with Crippen LogP contribution < -0.4 is 0 Å². The van der Waals surface area contributed by atoms with Crippen molar-refractivity contribution in [1.82, 2.24) is 9.97 Å². The summed E-state index contributed by atoms with van der Waals surface area (Å²) in [4.78, 5) is 10.8. The third kappa shape index (κ3) is 5.29. The number of hydrogen-bond acceptors (Lipinski definition) is 2. The first kappa shape index (κ1) is 36.1. The predicted octanol–water partition coefficient (Wildman–Crippen LogP) is 16.1. The van der Waals surface area contributed by atoms with Crippen molar-refractivity contribution >= 4 is 43.2 Å². The summed E-state index contributed by atoms with van der Waals surface area (Å²) in [5.74, 6) is 0. The van der Waals surface area contributed by atoms with Gasteiger partial charge in [0, 0.05) is 27.5 Å². The predicted molar refractivity (Wildman–Crippen MR) is 270 cm³/mol. The first-order valence-electron chi connectivity index (χ1n) is 22.5. The van der Waals surface area contributed by atoms with Crippen molar-refractivity contribution in [1.29, 1.82) is 0 Å². The molecule has 2 aliphatic carbocycles. The van der Waals surface area contributed by atoms with Crippen molar-refractivity contribution in [2.24, 2.45) is 0 Å². The Labute approximate surface area is 376 Å². The number of fused-ring (bicyclic) bond motifs is 15. The van der Waals surface area contributed by atoms with Crippen molar-refractivity contribution in [2.45, 2.75) is 5.41 Å². The van der Waals surface area contributed by atoms with Gasteiger partial charge in [0.05, 0.1) is 28.0 Å². The highest BCUT2D eigenvalue weighted by atomic mass is 14.7. The summed E-state index contributed by atoms with van der Waals surface area (Å²) in [7, 11) is 0. The van der Waals surface area contributed by atoms with Gasteiger partial charge in [-0.2, -0.15) is 0 Å². The van der Waals surface area contributed by atoms with Crippen LogP contribution in [0.25, 0.3) is 110 Å². The molecular formula is C63H38N2. The number of benzene rings is 10. The van der Waals surface area contributed by atoms with E-state index in [1.807, 2.05) is 0 Å². The van der Waals surface area contributed by atoms with Crippen LogP contribution in [0.15, 0.2) is 231 Å². The number of pyridine rings is 2. The Balaban J connectivity index is 0.949. The van der Waals surface area contributed by atoms with Crippen LogP contribution in [0.1, 0.15) is 22.3 Å². The summed E-state index contributed by atoms with van der Waals surface area (Å²) >= 11 is 0. The lowest BCUT2D eigenvalue weighted by Crippen LogP contribution is -2.25. The van der Waals surface area contributed by atoms with Gasteiger partial charge >= 0.3 is 0 Å². The molecule has 0 fully saturated rings. The molecule has 0 atom stereocenters. The van der Waals surface area contributed by atoms with E-state index in [0.29, 0.717) is 0 Å². The average molecular weight is 823 g/mol. The van der Waals surface area contributed by atoms with Crippen molar-refractivity contribution in [3.8, 4) is 67.2 Å². The zero-order chi connectivity index (χ0) is 42.6. The van der Waals surface area contributed by atoms with Crippen LogP contribution in [0.4, 0.5) is 0 Å². The van der Waals surface area contributed by atoms with Crippen LogP contribution in [0.3, 0.4) is 0 Å². The van der Waals surface area contributed by atoms with E-state index >= 15 is 0 Å². The minimum absolute atomic E-state index is 0.415. The topological polar surface area (TPSA) is 25.8 Å². The second kappa shape index (κ2) is 13.8. The van der Waals surface area contributed by atoms with Crippen LogP contribution in [-0.2, 0) is 5.41 Å². The lowest BCUT2D eigenvalue weighted by atomic mass is 9.70. The van der Waals surface area contributed by atoms with Crippen molar-refractivity contribution in [3.05, 3.63) is 253 Å². The molecular weight excluding hydrogens is 785 g/mol. The molecule has 0 saturated carbocycles. The molecule has 2 heterocycles. The van der Waals surface area contributed by atoms with E-state index in [4.69, 9.17) is 9.97 Å². The Bertz CT molecular complexity index is 3810. The molecule has 2 aromatic heterocycles. The highest BCUT2D eigenvalue weighted by Crippen LogP contribution is 2.63. The van der Waals surface area contributed by atoms with E-state index in [2.05, 4.69) is 231 Å². The quantitative estimate of drug-likeness (QED) is 0.165. The number of para-hydroxylation sites is 1. The van der Waals surface area contributed by atoms with E-state index in [0.717, 1.165) is 61.2 Å². The molecule has 0 amide bonds. The lowest BCUT2D eigenvalue weighted by Gasteiger charge is -2.30. The van der Waals surface area contributed by atoms with Crippen LogP contribution in [0, 0.1) is 0 Å². The van der Waals surface area contributed by atoms with Gasteiger partial charge in [0.15, 0.2) is 0 Å². The minimum Gasteiger partial charge on any atom is -0.248 e. The fraction of sp³-hybridized carbons (Fsp3) is 0.0159. The summed E-state index contributed by atoms with van der Waals surface area (Å²) in [6.45, 7) is 0. The molecule has 0 N–H and O–H groups in total. The van der Waals surface area contributed by atoms with Crippen molar-refractivity contribution in [3.63, 3.8) is 0 Å². The van der Waals surface area contributed by atoms with E-state index in [1.165, 1.54) is 71.4 Å².